The first-order chi connectivity index (χ1) is 18.1. The normalized spacial score (nSPS) is 19.5. The van der Waals surface area contributed by atoms with Crippen molar-refractivity contribution in [2.45, 2.75) is 44.6 Å². The minimum absolute atomic E-state index is 0.0112. The van der Waals surface area contributed by atoms with E-state index < -0.39 is 27.8 Å². The molecule has 0 bridgehead atoms. The maximum absolute atomic E-state index is 13.9. The predicted molar refractivity (Wildman–Crippen MR) is 146 cm³/mol. The number of aliphatic hydroxyl groups excluding tert-OH is 1. The number of amides is 1. The zero-order valence-corrected chi connectivity index (χ0v) is 23.4. The van der Waals surface area contributed by atoms with Gasteiger partial charge in [0, 0.05) is 61.6 Å². The van der Waals surface area contributed by atoms with Gasteiger partial charge in [0.2, 0.25) is 5.91 Å². The molecule has 1 fully saturated rings. The van der Waals surface area contributed by atoms with E-state index in [1.165, 1.54) is 5.56 Å². The molecule has 2 aliphatic rings. The van der Waals surface area contributed by atoms with Gasteiger partial charge in [-0.3, -0.25) is 14.2 Å². The monoisotopic (exact) mass is 565 g/mol. The third-order valence-corrected chi connectivity index (χ3v) is 8.61. The van der Waals surface area contributed by atoms with Gasteiger partial charge in [-0.15, -0.1) is 0 Å². The van der Waals surface area contributed by atoms with E-state index in [0.29, 0.717) is 37.1 Å². The fourth-order valence-corrected chi connectivity index (χ4v) is 5.92. The molecule has 1 amide bonds. The number of aliphatic hydroxyl groups is 1. The molecular formula is C26H36ClN5O5S. The highest BCUT2D eigenvalue weighted by Crippen LogP contribution is 2.37. The number of hydrogen-bond donors (Lipinski definition) is 2. The lowest BCUT2D eigenvalue weighted by Gasteiger charge is -2.39. The number of aromatic nitrogens is 2. The van der Waals surface area contributed by atoms with Crippen LogP contribution in [-0.4, -0.2) is 101 Å². The minimum Gasteiger partial charge on any atom is -0.395 e. The first-order valence-corrected chi connectivity index (χ1v) is 15.0. The molecule has 1 aromatic heterocycles. The zero-order valence-electron chi connectivity index (χ0n) is 21.8. The minimum atomic E-state index is -4.20. The Morgan fingerprint density at radius 3 is 2.50 bits per heavy atom. The molecule has 2 N–H and O–H groups in total. The van der Waals surface area contributed by atoms with Gasteiger partial charge in [0.05, 0.1) is 18.3 Å². The summed E-state index contributed by atoms with van der Waals surface area (Å²) in [6.07, 6.45) is 3.67. The summed E-state index contributed by atoms with van der Waals surface area (Å²) in [5, 5.41) is 10.3. The average Bonchev–Trinajstić information content (AvgIpc) is 3.29. The Morgan fingerprint density at radius 1 is 1.18 bits per heavy atom. The molecule has 0 spiro atoms. The van der Waals surface area contributed by atoms with Crippen LogP contribution < -0.4 is 4.90 Å². The molecule has 10 nitrogen and oxygen atoms in total. The van der Waals surface area contributed by atoms with E-state index in [1.54, 1.807) is 42.4 Å². The molecule has 38 heavy (non-hydrogen) atoms. The molecule has 1 aliphatic carbocycles. The molecule has 1 aliphatic heterocycles. The number of hydrogen-bond acceptors (Lipinski definition) is 8. The van der Waals surface area contributed by atoms with E-state index in [4.69, 9.17) is 11.6 Å². The van der Waals surface area contributed by atoms with Crippen molar-refractivity contribution >= 4 is 33.4 Å². The largest absolute Gasteiger partial charge is 0.395 e. The third-order valence-electron chi connectivity index (χ3n) is 7.65. The smallest absolute Gasteiger partial charge is 0.266 e. The van der Waals surface area contributed by atoms with Crippen molar-refractivity contribution in [3.63, 3.8) is 0 Å². The van der Waals surface area contributed by atoms with Gasteiger partial charge in [-0.2, -0.15) is 8.42 Å². The molecule has 1 saturated heterocycles. The second kappa shape index (κ2) is 12.3. The maximum atomic E-state index is 13.9. The van der Waals surface area contributed by atoms with Crippen LogP contribution in [0.2, 0.25) is 5.02 Å². The number of aryl methyl sites for hydroxylation is 1. The van der Waals surface area contributed by atoms with E-state index in [0.717, 1.165) is 29.9 Å². The number of carbonyl (C=O) groups excluding carboxylic acids is 1. The van der Waals surface area contributed by atoms with Crippen molar-refractivity contribution < 1.29 is 22.9 Å². The molecule has 0 saturated carbocycles. The van der Waals surface area contributed by atoms with Crippen LogP contribution in [-0.2, 0) is 21.3 Å². The van der Waals surface area contributed by atoms with E-state index in [2.05, 4.69) is 21.8 Å². The molecular weight excluding hydrogens is 530 g/mol. The molecule has 3 unspecified atom stereocenters. The van der Waals surface area contributed by atoms with Crippen LogP contribution >= 0.6 is 11.6 Å². The van der Waals surface area contributed by atoms with Crippen molar-refractivity contribution in [1.82, 2.24) is 19.8 Å². The number of fused-ring (bicyclic) bond motifs is 1. The van der Waals surface area contributed by atoms with Crippen LogP contribution in [0.1, 0.15) is 48.9 Å². The van der Waals surface area contributed by atoms with Gasteiger partial charge >= 0.3 is 0 Å². The molecule has 4 rings (SSSR count). The second-order valence-electron chi connectivity index (χ2n) is 10.2. The lowest BCUT2D eigenvalue weighted by Crippen LogP contribution is -2.52. The van der Waals surface area contributed by atoms with Crippen LogP contribution in [0, 0.1) is 0 Å². The Hall–Kier alpha value is -2.31. The summed E-state index contributed by atoms with van der Waals surface area (Å²) in [5.41, 5.74) is 3.09. The summed E-state index contributed by atoms with van der Waals surface area (Å²) in [6.45, 7) is 6.27. The number of rotatable bonds is 10. The van der Waals surface area contributed by atoms with Crippen molar-refractivity contribution in [2.75, 3.05) is 56.5 Å². The van der Waals surface area contributed by atoms with Gasteiger partial charge in [-0.1, -0.05) is 30.7 Å². The van der Waals surface area contributed by atoms with Crippen molar-refractivity contribution in [2.24, 2.45) is 0 Å². The fraction of sp³-hybridized carbons (Fsp3) is 0.577. The summed E-state index contributed by atoms with van der Waals surface area (Å²) >= 11 is 6.10. The van der Waals surface area contributed by atoms with Crippen LogP contribution in [0.3, 0.4) is 0 Å². The van der Waals surface area contributed by atoms with E-state index in [1.807, 2.05) is 4.90 Å². The summed E-state index contributed by atoms with van der Waals surface area (Å²) < 4.78 is 32.1. The SMILES string of the molecule is CC1CCc2ncnc(N3CCN(C(=O)C(CN(CCS(=O)(=O)O)C(C)CO)c4ccc(Cl)cc4)CC3)c21. The summed E-state index contributed by atoms with van der Waals surface area (Å²) in [5.74, 6) is 0.221. The first kappa shape index (κ1) is 28.7. The van der Waals surface area contributed by atoms with E-state index in [9.17, 15) is 22.9 Å². The summed E-state index contributed by atoms with van der Waals surface area (Å²) in [7, 11) is -4.20. The molecule has 2 aromatic rings. The quantitative estimate of drug-likeness (QED) is 0.417. The highest BCUT2D eigenvalue weighted by molar-refractivity contribution is 7.85. The Bertz CT molecular complexity index is 1220. The average molecular weight is 566 g/mol. The Labute approximate surface area is 229 Å². The molecule has 208 valence electrons. The Morgan fingerprint density at radius 2 is 1.87 bits per heavy atom. The van der Waals surface area contributed by atoms with Gasteiger partial charge in [0.15, 0.2) is 0 Å². The number of carbonyl (C=O) groups is 1. The van der Waals surface area contributed by atoms with Gasteiger partial charge in [-0.25, -0.2) is 9.97 Å². The van der Waals surface area contributed by atoms with Crippen LogP contribution in [0.25, 0.3) is 0 Å². The molecule has 12 heteroatoms. The van der Waals surface area contributed by atoms with E-state index >= 15 is 0 Å². The van der Waals surface area contributed by atoms with Gasteiger partial charge in [-0.05, 0) is 43.4 Å². The second-order valence-corrected chi connectivity index (χ2v) is 12.2. The van der Waals surface area contributed by atoms with Crippen LogP contribution in [0.15, 0.2) is 30.6 Å². The van der Waals surface area contributed by atoms with Crippen molar-refractivity contribution in [3.05, 3.63) is 52.4 Å². The standard InChI is InChI=1S/C26H36ClN5O5S/c1-18-3-8-23-24(18)25(29-17-28-23)30-9-11-31(12-10-30)26(34)22(20-4-6-21(27)7-5-20)15-32(19(2)16-33)13-14-38(35,36)37/h4-7,17-19,22,33H,3,8-16H2,1-2H3,(H,35,36,37). The number of anilines is 1. The van der Waals surface area contributed by atoms with Crippen LogP contribution in [0.5, 0.6) is 0 Å². The number of halogens is 1. The van der Waals surface area contributed by atoms with Crippen molar-refractivity contribution in [1.29, 1.82) is 0 Å². The first-order valence-electron chi connectivity index (χ1n) is 13.0. The number of benzene rings is 1. The van der Waals surface area contributed by atoms with Gasteiger partial charge in [0.1, 0.15) is 12.1 Å². The Kier molecular flexibility index (Phi) is 9.25. The van der Waals surface area contributed by atoms with Gasteiger partial charge < -0.3 is 14.9 Å². The maximum Gasteiger partial charge on any atom is 0.266 e. The van der Waals surface area contributed by atoms with Crippen LogP contribution in [0.4, 0.5) is 5.82 Å². The lowest BCUT2D eigenvalue weighted by atomic mass is 9.95. The highest BCUT2D eigenvalue weighted by Gasteiger charge is 2.33. The Balaban J connectivity index is 1.52. The summed E-state index contributed by atoms with van der Waals surface area (Å²) in [6, 6.07) is 6.65. The predicted octanol–water partition coefficient (Wildman–Crippen LogP) is 2.18. The zero-order chi connectivity index (χ0) is 27.4. The third kappa shape index (κ3) is 6.81. The fourth-order valence-electron chi connectivity index (χ4n) is 5.33. The molecule has 3 atom stereocenters. The number of nitrogens with zero attached hydrogens (tertiary/aromatic N) is 5. The summed E-state index contributed by atoms with van der Waals surface area (Å²) in [4.78, 5) is 28.8. The molecule has 1 aromatic carbocycles. The molecule has 2 heterocycles. The highest BCUT2D eigenvalue weighted by atomic mass is 35.5. The number of piperazine rings is 1. The molecule has 0 radical (unpaired) electrons. The van der Waals surface area contributed by atoms with E-state index in [-0.39, 0.29) is 25.6 Å². The van der Waals surface area contributed by atoms with Gasteiger partial charge in [0.25, 0.3) is 10.1 Å². The van der Waals surface area contributed by atoms with Crippen molar-refractivity contribution in [3.8, 4) is 0 Å². The lowest BCUT2D eigenvalue weighted by molar-refractivity contribution is -0.133. The topological polar surface area (TPSA) is 127 Å².